The topological polar surface area (TPSA) is 49.2 Å². The minimum absolute atomic E-state index is 0.0368. The molecule has 0 saturated carbocycles. The maximum Gasteiger partial charge on any atom is 0.365 e. The molecule has 0 aromatic carbocycles. The van der Waals surface area contributed by atoms with Crippen LogP contribution in [0.4, 0.5) is 8.78 Å². The van der Waals surface area contributed by atoms with Crippen molar-refractivity contribution in [2.24, 2.45) is 9.98 Å². The van der Waals surface area contributed by atoms with E-state index >= 15 is 0 Å². The molecule has 9 heteroatoms. The Morgan fingerprint density at radius 1 is 1.64 bits per heavy atom. The summed E-state index contributed by atoms with van der Waals surface area (Å²) in [4.78, 5) is 11.2. The van der Waals surface area contributed by atoms with Crippen LogP contribution in [-0.2, 0) is 4.84 Å². The summed E-state index contributed by atoms with van der Waals surface area (Å²) in [6.45, 7) is -3.01. The van der Waals surface area contributed by atoms with Crippen LogP contribution in [0.1, 0.15) is 0 Å². The van der Waals surface area contributed by atoms with Crippen molar-refractivity contribution in [3.8, 4) is 0 Å². The van der Waals surface area contributed by atoms with Crippen LogP contribution in [0, 0.1) is 0 Å². The van der Waals surface area contributed by atoms with E-state index in [4.69, 9.17) is 23.2 Å². The zero-order valence-corrected chi connectivity index (χ0v) is 8.43. The van der Waals surface area contributed by atoms with Gasteiger partial charge < -0.3 is 5.32 Å². The lowest BCUT2D eigenvalue weighted by Gasteiger charge is -2.27. The minimum Gasteiger partial charge on any atom is -0.357 e. The van der Waals surface area contributed by atoms with Crippen molar-refractivity contribution in [2.45, 2.75) is 12.2 Å². The van der Waals surface area contributed by atoms with Crippen LogP contribution in [0.5, 0.6) is 0 Å². The van der Waals surface area contributed by atoms with Gasteiger partial charge in [-0.15, -0.1) is 0 Å². The lowest BCUT2D eigenvalue weighted by atomic mass is 10.8. The van der Waals surface area contributed by atoms with Gasteiger partial charge in [-0.1, -0.05) is 11.6 Å². The second kappa shape index (κ2) is 4.72. The van der Waals surface area contributed by atoms with E-state index in [2.05, 4.69) is 20.1 Å². The van der Waals surface area contributed by atoms with E-state index < -0.39 is 12.2 Å². The van der Waals surface area contributed by atoms with Crippen molar-refractivity contribution >= 4 is 34.5 Å². The normalized spacial score (nSPS) is 22.1. The van der Waals surface area contributed by atoms with Gasteiger partial charge in [-0.05, 0) is 11.6 Å². The van der Waals surface area contributed by atoms with Gasteiger partial charge in [0.1, 0.15) is 0 Å². The molecule has 1 N–H and O–H groups in total. The first kappa shape index (κ1) is 11.4. The quantitative estimate of drug-likeness (QED) is 0.588. The number of hydroxylamine groups is 2. The number of nitrogens with zero attached hydrogens (tertiary/aromatic N) is 3. The zero-order chi connectivity index (χ0) is 10.7. The Balaban J connectivity index is 2.79. The van der Waals surface area contributed by atoms with Crippen LogP contribution in [-0.4, -0.2) is 35.6 Å². The van der Waals surface area contributed by atoms with E-state index in [1.807, 2.05) is 0 Å². The van der Waals surface area contributed by atoms with E-state index in [1.165, 1.54) is 7.05 Å². The third kappa shape index (κ3) is 2.66. The molecule has 1 unspecified atom stereocenters. The van der Waals surface area contributed by atoms with Crippen LogP contribution in [0.3, 0.4) is 0 Å². The molecule has 0 aliphatic carbocycles. The second-order valence-electron chi connectivity index (χ2n) is 2.09. The Morgan fingerprint density at radius 3 is 2.79 bits per heavy atom. The Bertz CT molecular complexity index is 272. The molecule has 0 fully saturated rings. The fourth-order valence-electron chi connectivity index (χ4n) is 0.759. The molecular formula is C5H6Cl2F2N4O. The molecule has 0 aromatic heterocycles. The summed E-state index contributed by atoms with van der Waals surface area (Å²) in [5, 5.41) is 2.98. The summed E-state index contributed by atoms with van der Waals surface area (Å²) in [5.74, 6) is -0.0368. The highest BCUT2D eigenvalue weighted by Crippen LogP contribution is 2.16. The largest absolute Gasteiger partial charge is 0.365 e. The molecule has 0 amide bonds. The maximum atomic E-state index is 11.9. The van der Waals surface area contributed by atoms with Crippen LogP contribution in [0.2, 0.25) is 0 Å². The molecule has 1 aliphatic rings. The van der Waals surface area contributed by atoms with Crippen molar-refractivity contribution in [1.82, 2.24) is 10.4 Å². The standard InChI is InChI=1S/C5H6Cl2F2N4O/c1-10-5-12-2(6)11-3(7)13(5)14-4(8)9/h3-4H,1H3,(H,10,11,12). The fourth-order valence-corrected chi connectivity index (χ4v) is 1.21. The van der Waals surface area contributed by atoms with Gasteiger partial charge in [-0.3, -0.25) is 0 Å². The molecule has 0 aromatic rings. The number of alkyl halides is 3. The molecule has 1 aliphatic heterocycles. The Kier molecular flexibility index (Phi) is 3.85. The number of aliphatic imine (C=N–C) groups is 2. The predicted octanol–water partition coefficient (Wildman–Crippen LogP) is 1.15. The van der Waals surface area contributed by atoms with Crippen molar-refractivity contribution in [1.29, 1.82) is 0 Å². The molecule has 1 rings (SSSR count). The molecule has 0 spiro atoms. The minimum atomic E-state index is -3.01. The highest BCUT2D eigenvalue weighted by Gasteiger charge is 2.27. The summed E-state index contributed by atoms with van der Waals surface area (Å²) >= 11 is 11.0. The summed E-state index contributed by atoms with van der Waals surface area (Å²) in [7, 11) is 1.46. The molecule has 0 bridgehead atoms. The third-order valence-corrected chi connectivity index (χ3v) is 1.69. The summed E-state index contributed by atoms with van der Waals surface area (Å²) in [6.07, 6.45) is 0. The second-order valence-corrected chi connectivity index (χ2v) is 2.81. The van der Waals surface area contributed by atoms with Gasteiger partial charge in [0.2, 0.25) is 16.9 Å². The lowest BCUT2D eigenvalue weighted by molar-refractivity contribution is -0.255. The van der Waals surface area contributed by atoms with Gasteiger partial charge in [0.25, 0.3) is 0 Å². The van der Waals surface area contributed by atoms with Crippen molar-refractivity contribution < 1.29 is 13.6 Å². The van der Waals surface area contributed by atoms with Crippen LogP contribution < -0.4 is 5.32 Å². The number of hydrogen-bond acceptors (Lipinski definition) is 5. The molecule has 5 nitrogen and oxygen atoms in total. The molecule has 80 valence electrons. The van der Waals surface area contributed by atoms with Gasteiger partial charge in [0.05, 0.1) is 0 Å². The first-order valence-electron chi connectivity index (χ1n) is 3.42. The summed E-state index contributed by atoms with van der Waals surface area (Å²) in [5.41, 5.74) is -1.17. The predicted molar refractivity (Wildman–Crippen MR) is 48.4 cm³/mol. The van der Waals surface area contributed by atoms with Crippen LogP contribution in [0.15, 0.2) is 9.98 Å². The highest BCUT2D eigenvalue weighted by molar-refractivity contribution is 6.66. The maximum absolute atomic E-state index is 11.9. The first-order valence-corrected chi connectivity index (χ1v) is 4.24. The van der Waals surface area contributed by atoms with Gasteiger partial charge >= 0.3 is 6.61 Å². The SMILES string of the molecule is CNC1=NC(Cl)=NC(Cl)N1OC(F)F. The number of halogens is 4. The monoisotopic (exact) mass is 246 g/mol. The van der Waals surface area contributed by atoms with E-state index in [0.29, 0.717) is 5.06 Å². The fraction of sp³-hybridized carbons (Fsp3) is 0.600. The van der Waals surface area contributed by atoms with Crippen LogP contribution >= 0.6 is 23.2 Å². The molecule has 0 radical (unpaired) electrons. The van der Waals surface area contributed by atoms with Crippen molar-refractivity contribution in [3.05, 3.63) is 0 Å². The van der Waals surface area contributed by atoms with Gasteiger partial charge in [0, 0.05) is 7.05 Å². The van der Waals surface area contributed by atoms with Gasteiger partial charge in [0.15, 0.2) is 0 Å². The number of guanidine groups is 1. The van der Waals surface area contributed by atoms with Crippen molar-refractivity contribution in [3.63, 3.8) is 0 Å². The van der Waals surface area contributed by atoms with Gasteiger partial charge in [-0.25, -0.2) is 4.99 Å². The van der Waals surface area contributed by atoms with E-state index in [9.17, 15) is 8.78 Å². The molecular weight excluding hydrogens is 241 g/mol. The Hall–Kier alpha value is -0.660. The van der Waals surface area contributed by atoms with Crippen LogP contribution in [0.25, 0.3) is 0 Å². The zero-order valence-electron chi connectivity index (χ0n) is 6.92. The van der Waals surface area contributed by atoms with E-state index in [0.717, 1.165) is 0 Å². The smallest absolute Gasteiger partial charge is 0.357 e. The average Bonchev–Trinajstić information content (AvgIpc) is 2.08. The molecule has 0 saturated heterocycles. The third-order valence-electron chi connectivity index (χ3n) is 1.23. The number of amidine groups is 1. The lowest BCUT2D eigenvalue weighted by Crippen LogP contribution is -2.46. The number of nitrogens with one attached hydrogen (secondary N) is 1. The Morgan fingerprint density at radius 2 is 2.29 bits per heavy atom. The average molecular weight is 247 g/mol. The van der Waals surface area contributed by atoms with Crippen molar-refractivity contribution in [2.75, 3.05) is 7.05 Å². The highest BCUT2D eigenvalue weighted by atomic mass is 35.5. The van der Waals surface area contributed by atoms with Gasteiger partial charge in [-0.2, -0.15) is 23.7 Å². The Labute approximate surface area is 88.3 Å². The summed E-state index contributed by atoms with van der Waals surface area (Å²) < 4.78 is 23.8. The number of hydrogen-bond donors (Lipinski definition) is 1. The first-order chi connectivity index (χ1) is 6.54. The molecule has 1 heterocycles. The molecule has 14 heavy (non-hydrogen) atoms. The van der Waals surface area contributed by atoms with E-state index in [-0.39, 0.29) is 11.3 Å². The summed E-state index contributed by atoms with van der Waals surface area (Å²) in [6, 6.07) is 0. The molecule has 1 atom stereocenters. The number of rotatable bonds is 2. The van der Waals surface area contributed by atoms with E-state index in [1.54, 1.807) is 0 Å².